The van der Waals surface area contributed by atoms with Crippen LogP contribution in [0, 0.1) is 17.8 Å². The van der Waals surface area contributed by atoms with Gasteiger partial charge in [0.1, 0.15) is 18.4 Å². The molecule has 11 heteroatoms. The van der Waals surface area contributed by atoms with Crippen molar-refractivity contribution < 1.29 is 18.7 Å². The molecule has 33 heavy (non-hydrogen) atoms. The van der Waals surface area contributed by atoms with E-state index < -0.39 is 41.7 Å². The number of aliphatic hydroxyl groups is 1. The standard InChI is InChI=1S/C22H37ClF2N6O2/c23-13-8-12-20(19(25)17(13)18-14(24)2-1-3-16(18)32)28-11-29-21(12)30-4-6-31(7-5-30)22(33)15-9-26-10-27-15/h12-21,26-29,32H,1-11H2. The summed E-state index contributed by atoms with van der Waals surface area (Å²) >= 11 is 6.75. The van der Waals surface area contributed by atoms with Crippen molar-refractivity contribution in [2.24, 2.45) is 17.8 Å². The predicted octanol–water partition coefficient (Wildman–Crippen LogP) is -0.425. The highest BCUT2D eigenvalue weighted by molar-refractivity contribution is 6.21. The lowest BCUT2D eigenvalue weighted by molar-refractivity contribution is -0.136. The lowest BCUT2D eigenvalue weighted by atomic mass is 9.65. The summed E-state index contributed by atoms with van der Waals surface area (Å²) in [6.07, 6.45) is -1.31. The van der Waals surface area contributed by atoms with Gasteiger partial charge in [0, 0.05) is 75.2 Å². The monoisotopic (exact) mass is 490 g/mol. The summed E-state index contributed by atoms with van der Waals surface area (Å²) < 4.78 is 30.7. The van der Waals surface area contributed by atoms with Gasteiger partial charge in [0.05, 0.1) is 12.3 Å². The third-order valence-corrected chi connectivity index (χ3v) is 9.04. The van der Waals surface area contributed by atoms with Crippen molar-refractivity contribution in [1.29, 1.82) is 0 Å². The first-order valence-corrected chi connectivity index (χ1v) is 12.9. The van der Waals surface area contributed by atoms with Crippen LogP contribution in [0.3, 0.4) is 0 Å². The zero-order valence-corrected chi connectivity index (χ0v) is 19.7. The Bertz CT molecular complexity index is 686. The first kappa shape index (κ1) is 24.1. The van der Waals surface area contributed by atoms with E-state index in [9.17, 15) is 14.3 Å². The Morgan fingerprint density at radius 2 is 1.79 bits per heavy atom. The highest BCUT2D eigenvalue weighted by Gasteiger charge is 2.55. The van der Waals surface area contributed by atoms with Crippen molar-refractivity contribution in [1.82, 2.24) is 31.1 Å². The molecule has 0 spiro atoms. The zero-order chi connectivity index (χ0) is 23.1. The number of alkyl halides is 3. The Kier molecular flexibility index (Phi) is 7.42. The molecule has 5 N–H and O–H groups in total. The van der Waals surface area contributed by atoms with Gasteiger partial charge in [-0.05, 0) is 25.7 Å². The average molecular weight is 491 g/mol. The van der Waals surface area contributed by atoms with Crippen LogP contribution in [0.2, 0.25) is 0 Å². The second kappa shape index (κ2) is 10.2. The van der Waals surface area contributed by atoms with Crippen LogP contribution in [-0.4, -0.2) is 109 Å². The summed E-state index contributed by atoms with van der Waals surface area (Å²) in [5, 5.41) is 23.0. The highest BCUT2D eigenvalue weighted by atomic mass is 35.5. The van der Waals surface area contributed by atoms with E-state index in [1.807, 2.05) is 4.90 Å². The second-order valence-corrected chi connectivity index (χ2v) is 10.9. The summed E-state index contributed by atoms with van der Waals surface area (Å²) in [5.41, 5.74) is 0. The summed E-state index contributed by atoms with van der Waals surface area (Å²) in [6, 6.07) is -0.585. The van der Waals surface area contributed by atoms with Gasteiger partial charge in [-0.2, -0.15) is 0 Å². The average Bonchev–Trinajstić information content (AvgIpc) is 3.35. The second-order valence-electron chi connectivity index (χ2n) is 10.3. The number of hydrogen-bond acceptors (Lipinski definition) is 7. The summed E-state index contributed by atoms with van der Waals surface area (Å²) in [6.45, 7) is 4.50. The topological polar surface area (TPSA) is 91.9 Å². The van der Waals surface area contributed by atoms with E-state index in [0.717, 1.165) is 0 Å². The Morgan fingerprint density at radius 3 is 2.48 bits per heavy atom. The van der Waals surface area contributed by atoms with E-state index in [-0.39, 0.29) is 24.0 Å². The highest BCUT2D eigenvalue weighted by Crippen LogP contribution is 2.46. The molecule has 5 aliphatic rings. The lowest BCUT2D eigenvalue weighted by Gasteiger charge is -2.54. The van der Waals surface area contributed by atoms with E-state index >= 15 is 4.39 Å². The Balaban J connectivity index is 1.23. The van der Waals surface area contributed by atoms with Crippen LogP contribution in [0.4, 0.5) is 8.78 Å². The Hall–Kier alpha value is -0.620. The summed E-state index contributed by atoms with van der Waals surface area (Å²) in [4.78, 5) is 16.9. The van der Waals surface area contributed by atoms with Gasteiger partial charge in [-0.15, -0.1) is 11.6 Å². The number of halogens is 3. The molecule has 188 valence electrons. The van der Waals surface area contributed by atoms with Crippen molar-refractivity contribution in [3.63, 3.8) is 0 Å². The summed E-state index contributed by atoms with van der Waals surface area (Å²) in [5.74, 6) is -1.35. The Morgan fingerprint density at radius 1 is 1.00 bits per heavy atom. The van der Waals surface area contributed by atoms with Crippen LogP contribution in [0.25, 0.3) is 0 Å². The molecule has 10 unspecified atom stereocenters. The van der Waals surface area contributed by atoms with Crippen LogP contribution < -0.4 is 21.3 Å². The molecule has 0 radical (unpaired) electrons. The van der Waals surface area contributed by atoms with Crippen LogP contribution in [0.5, 0.6) is 0 Å². The molecular weight excluding hydrogens is 454 g/mol. The van der Waals surface area contributed by atoms with E-state index in [2.05, 4.69) is 26.2 Å². The van der Waals surface area contributed by atoms with Crippen molar-refractivity contribution in [2.75, 3.05) is 46.1 Å². The molecule has 5 fully saturated rings. The molecule has 3 heterocycles. The third kappa shape index (κ3) is 4.64. The minimum atomic E-state index is -1.31. The number of nitrogens with one attached hydrogen (secondary N) is 4. The molecular formula is C22H37ClF2N6O2. The van der Waals surface area contributed by atoms with Gasteiger partial charge in [-0.3, -0.25) is 25.6 Å². The first-order valence-electron chi connectivity index (χ1n) is 12.5. The van der Waals surface area contributed by atoms with Gasteiger partial charge in [-0.1, -0.05) is 0 Å². The maximum Gasteiger partial charge on any atom is 0.241 e. The normalized spacial score (nSPS) is 47.3. The van der Waals surface area contributed by atoms with Crippen LogP contribution in [0.15, 0.2) is 0 Å². The fraction of sp³-hybridized carbons (Fsp3) is 0.955. The number of nitrogens with zero attached hydrogens (tertiary/aromatic N) is 2. The fourth-order valence-electron chi connectivity index (χ4n) is 6.86. The van der Waals surface area contributed by atoms with Crippen LogP contribution in [-0.2, 0) is 4.79 Å². The number of rotatable bonds is 3. The van der Waals surface area contributed by atoms with Crippen LogP contribution in [0.1, 0.15) is 25.7 Å². The molecule has 5 rings (SSSR count). The zero-order valence-electron chi connectivity index (χ0n) is 18.9. The molecule has 8 nitrogen and oxygen atoms in total. The van der Waals surface area contributed by atoms with Gasteiger partial charge in [-0.25, -0.2) is 8.78 Å². The van der Waals surface area contributed by atoms with Crippen molar-refractivity contribution in [2.45, 2.75) is 67.8 Å². The van der Waals surface area contributed by atoms with E-state index in [1.165, 1.54) is 0 Å². The van der Waals surface area contributed by atoms with E-state index in [4.69, 9.17) is 11.6 Å². The van der Waals surface area contributed by atoms with Crippen molar-refractivity contribution in [3.05, 3.63) is 0 Å². The molecule has 3 saturated heterocycles. The molecule has 3 aliphatic heterocycles. The molecule has 0 bridgehead atoms. The van der Waals surface area contributed by atoms with Gasteiger partial charge < -0.3 is 15.3 Å². The van der Waals surface area contributed by atoms with E-state index in [0.29, 0.717) is 71.7 Å². The Labute approximate surface area is 199 Å². The molecule has 0 aromatic heterocycles. The number of piperazine rings is 1. The molecule has 10 atom stereocenters. The predicted molar refractivity (Wildman–Crippen MR) is 121 cm³/mol. The van der Waals surface area contributed by atoms with Gasteiger partial charge in [0.25, 0.3) is 0 Å². The minimum Gasteiger partial charge on any atom is -0.393 e. The SMILES string of the molecule is O=C(C1CNCN1)N1CCN(C2NCNC3C(F)C(C4C(O)CCCC4F)C(Cl)CC32)CC1. The summed E-state index contributed by atoms with van der Waals surface area (Å²) in [7, 11) is 0. The lowest BCUT2D eigenvalue weighted by Crippen LogP contribution is -2.71. The molecule has 2 aliphatic carbocycles. The maximum absolute atomic E-state index is 15.9. The third-order valence-electron chi connectivity index (χ3n) is 8.57. The number of carbonyl (C=O) groups is 1. The van der Waals surface area contributed by atoms with Crippen LogP contribution >= 0.6 is 11.6 Å². The van der Waals surface area contributed by atoms with E-state index in [1.54, 1.807) is 0 Å². The number of carbonyl (C=O) groups excluding carboxylic acids is 1. The molecule has 1 amide bonds. The number of amides is 1. The molecule has 0 aromatic carbocycles. The minimum absolute atomic E-state index is 0.0438. The van der Waals surface area contributed by atoms with Gasteiger partial charge in [0.2, 0.25) is 5.91 Å². The number of aliphatic hydroxyl groups excluding tert-OH is 1. The van der Waals surface area contributed by atoms with Crippen molar-refractivity contribution >= 4 is 17.5 Å². The van der Waals surface area contributed by atoms with Gasteiger partial charge in [0.15, 0.2) is 0 Å². The fourth-order valence-corrected chi connectivity index (χ4v) is 7.37. The van der Waals surface area contributed by atoms with Crippen molar-refractivity contribution in [3.8, 4) is 0 Å². The largest absolute Gasteiger partial charge is 0.393 e. The van der Waals surface area contributed by atoms with Gasteiger partial charge >= 0.3 is 0 Å². The molecule has 2 saturated carbocycles. The maximum atomic E-state index is 15.9. The molecule has 0 aromatic rings. The smallest absolute Gasteiger partial charge is 0.241 e. The number of fused-ring (bicyclic) bond motifs is 1. The quantitative estimate of drug-likeness (QED) is 0.343. The first-order chi connectivity index (χ1) is 16.0. The number of hydrogen-bond donors (Lipinski definition) is 5.